The average Bonchev–Trinajstić information content (AvgIpc) is 3.41. The van der Waals surface area contributed by atoms with Gasteiger partial charge >= 0.3 is 6.09 Å². The third-order valence-electron chi connectivity index (χ3n) is 6.29. The second kappa shape index (κ2) is 13.8. The molecule has 3 amide bonds. The summed E-state index contributed by atoms with van der Waals surface area (Å²) in [5.41, 5.74) is 8.28. The lowest BCUT2D eigenvalue weighted by Crippen LogP contribution is -2.51. The number of rotatable bonds is 8. The van der Waals surface area contributed by atoms with Crippen molar-refractivity contribution >= 4 is 52.5 Å². The smallest absolute Gasteiger partial charge is 0.410 e. The Hall–Kier alpha value is -4.22. The molecule has 1 fully saturated rings. The first-order valence-electron chi connectivity index (χ1n) is 13.7. The van der Waals surface area contributed by atoms with Gasteiger partial charge in [0.05, 0.1) is 16.4 Å². The molecule has 4 rings (SSSR count). The van der Waals surface area contributed by atoms with Gasteiger partial charge in [0.2, 0.25) is 11.8 Å². The molecule has 43 heavy (non-hydrogen) atoms. The van der Waals surface area contributed by atoms with Gasteiger partial charge in [-0.1, -0.05) is 23.9 Å². The predicted molar refractivity (Wildman–Crippen MR) is 165 cm³/mol. The second-order valence-electron chi connectivity index (χ2n) is 10.9. The Bertz CT molecular complexity index is 1520. The van der Waals surface area contributed by atoms with E-state index in [-0.39, 0.29) is 29.3 Å². The summed E-state index contributed by atoms with van der Waals surface area (Å²) in [5, 5.41) is 15.6. The fourth-order valence-corrected chi connectivity index (χ4v) is 5.91. The minimum atomic E-state index is -0.552. The van der Waals surface area contributed by atoms with Gasteiger partial charge in [0.1, 0.15) is 23.1 Å². The highest BCUT2D eigenvalue weighted by atomic mass is 32.2. The zero-order chi connectivity index (χ0) is 31.1. The number of benzene rings is 1. The maximum Gasteiger partial charge on any atom is 0.410 e. The molecule has 0 radical (unpaired) electrons. The quantitative estimate of drug-likeness (QED) is 0.273. The Kier molecular flexibility index (Phi) is 10.2. The number of piperazine rings is 1. The number of hydrogen-bond acceptors (Lipinski definition) is 11. The van der Waals surface area contributed by atoms with Gasteiger partial charge < -0.3 is 25.6 Å². The minimum Gasteiger partial charge on any atom is -0.444 e. The van der Waals surface area contributed by atoms with Gasteiger partial charge in [0.25, 0.3) is 0 Å². The number of carbonyl (C=O) groups is 3. The van der Waals surface area contributed by atoms with E-state index in [2.05, 4.69) is 26.3 Å². The Morgan fingerprint density at radius 3 is 2.40 bits per heavy atom. The summed E-state index contributed by atoms with van der Waals surface area (Å²) in [5.74, 6) is 0.436. The summed E-state index contributed by atoms with van der Waals surface area (Å²) in [6, 6.07) is 9.07. The number of hydrogen-bond donors (Lipinski definition) is 2. The van der Waals surface area contributed by atoms with Crippen molar-refractivity contribution in [2.75, 3.05) is 37.2 Å². The molecule has 0 atom stereocenters. The molecular weight excluding hydrogens is 589 g/mol. The van der Waals surface area contributed by atoms with E-state index in [4.69, 9.17) is 10.5 Å². The SMILES string of the molecule is CC(=O)Nc1ccc(-c2nc(SCc3csc(CCC(=O)N4CCN(C(=O)OC(C)(C)C)CC4)n3)nc(N)c2C#N)cc1. The van der Waals surface area contributed by atoms with Crippen LogP contribution >= 0.6 is 23.1 Å². The molecule has 226 valence electrons. The molecule has 1 aliphatic heterocycles. The van der Waals surface area contributed by atoms with Crippen LogP contribution in [-0.4, -0.2) is 74.4 Å². The number of amides is 3. The molecule has 12 nitrogen and oxygen atoms in total. The summed E-state index contributed by atoms with van der Waals surface area (Å²) in [4.78, 5) is 53.3. The molecule has 1 aliphatic rings. The van der Waals surface area contributed by atoms with Gasteiger partial charge in [-0.2, -0.15) is 5.26 Å². The standard InChI is InChI=1S/C29H34N8O4S2/c1-18(38)32-20-7-5-19(6-8-20)25-22(15-30)26(31)35-27(34-25)43-17-21-16-42-23(33-21)9-10-24(39)36-11-13-37(14-12-36)28(40)41-29(2,3)4/h5-8,16H,9-14,17H2,1-4H3,(H,32,38)(H2,31,34,35). The van der Waals surface area contributed by atoms with Gasteiger partial charge in [-0.3, -0.25) is 9.59 Å². The van der Waals surface area contributed by atoms with E-state index >= 15 is 0 Å². The van der Waals surface area contributed by atoms with Crippen molar-refractivity contribution in [1.82, 2.24) is 24.8 Å². The van der Waals surface area contributed by atoms with Crippen LogP contribution in [0.15, 0.2) is 34.8 Å². The van der Waals surface area contributed by atoms with Crippen LogP contribution in [0.3, 0.4) is 0 Å². The number of thiazole rings is 1. The highest BCUT2D eigenvalue weighted by Crippen LogP contribution is 2.30. The molecule has 0 spiro atoms. The number of carbonyl (C=O) groups excluding carboxylic acids is 3. The first-order valence-corrected chi connectivity index (χ1v) is 15.6. The van der Waals surface area contributed by atoms with Gasteiger partial charge in [0, 0.05) is 68.3 Å². The molecule has 0 saturated carbocycles. The lowest BCUT2D eigenvalue weighted by atomic mass is 10.1. The number of aryl methyl sites for hydroxylation is 1. The van der Waals surface area contributed by atoms with Crippen LogP contribution in [0.2, 0.25) is 0 Å². The zero-order valence-electron chi connectivity index (χ0n) is 24.5. The monoisotopic (exact) mass is 622 g/mol. The minimum absolute atomic E-state index is 0.0362. The Balaban J connectivity index is 1.30. The number of nitrogen functional groups attached to an aromatic ring is 1. The van der Waals surface area contributed by atoms with Crippen LogP contribution < -0.4 is 11.1 Å². The Morgan fingerprint density at radius 2 is 1.77 bits per heavy atom. The Morgan fingerprint density at radius 1 is 1.09 bits per heavy atom. The van der Waals surface area contributed by atoms with E-state index in [1.807, 2.05) is 26.2 Å². The van der Waals surface area contributed by atoms with Crippen molar-refractivity contribution in [3.05, 3.63) is 45.9 Å². The molecule has 3 aromatic rings. The van der Waals surface area contributed by atoms with Crippen LogP contribution in [0.4, 0.5) is 16.3 Å². The molecule has 3 N–H and O–H groups in total. The van der Waals surface area contributed by atoms with E-state index in [0.717, 1.165) is 10.7 Å². The molecular formula is C29H34N8O4S2. The first kappa shape index (κ1) is 31.7. The number of nitrogens with two attached hydrogens (primary N) is 1. The normalized spacial score (nSPS) is 13.4. The zero-order valence-corrected chi connectivity index (χ0v) is 26.2. The molecule has 0 aliphatic carbocycles. The third-order valence-corrected chi connectivity index (χ3v) is 8.13. The number of anilines is 2. The molecule has 2 aromatic heterocycles. The summed E-state index contributed by atoms with van der Waals surface area (Å²) >= 11 is 2.85. The maximum absolute atomic E-state index is 12.8. The van der Waals surface area contributed by atoms with Crippen LogP contribution in [0.25, 0.3) is 11.3 Å². The number of thioether (sulfide) groups is 1. The summed E-state index contributed by atoms with van der Waals surface area (Å²) in [6.07, 6.45) is 0.515. The van der Waals surface area contributed by atoms with E-state index in [1.165, 1.54) is 30.0 Å². The fourth-order valence-electron chi connectivity index (χ4n) is 4.26. The largest absolute Gasteiger partial charge is 0.444 e. The van der Waals surface area contributed by atoms with Crippen molar-refractivity contribution in [3.63, 3.8) is 0 Å². The van der Waals surface area contributed by atoms with Gasteiger partial charge in [-0.05, 0) is 32.9 Å². The lowest BCUT2D eigenvalue weighted by molar-refractivity contribution is -0.132. The number of ether oxygens (including phenoxy) is 1. The summed E-state index contributed by atoms with van der Waals surface area (Å²) in [7, 11) is 0. The third kappa shape index (κ3) is 8.89. The van der Waals surface area contributed by atoms with Crippen molar-refractivity contribution in [1.29, 1.82) is 5.26 Å². The van der Waals surface area contributed by atoms with E-state index in [0.29, 0.717) is 66.9 Å². The van der Waals surface area contributed by atoms with Crippen LogP contribution in [0.1, 0.15) is 50.4 Å². The van der Waals surface area contributed by atoms with Crippen molar-refractivity contribution in [3.8, 4) is 17.3 Å². The molecule has 1 aromatic carbocycles. The van der Waals surface area contributed by atoms with E-state index in [1.54, 1.807) is 34.1 Å². The van der Waals surface area contributed by atoms with Crippen molar-refractivity contribution in [2.24, 2.45) is 0 Å². The molecule has 3 heterocycles. The van der Waals surface area contributed by atoms with E-state index in [9.17, 15) is 19.6 Å². The van der Waals surface area contributed by atoms with E-state index < -0.39 is 5.60 Å². The van der Waals surface area contributed by atoms with Crippen LogP contribution in [0.5, 0.6) is 0 Å². The fraction of sp³-hybridized carbons (Fsp3) is 0.414. The highest BCUT2D eigenvalue weighted by Gasteiger charge is 2.27. The molecule has 1 saturated heterocycles. The van der Waals surface area contributed by atoms with Gasteiger partial charge in [-0.25, -0.2) is 19.7 Å². The predicted octanol–water partition coefficient (Wildman–Crippen LogP) is 4.32. The Labute approximate surface area is 258 Å². The number of nitriles is 1. The average molecular weight is 623 g/mol. The molecule has 0 bridgehead atoms. The summed E-state index contributed by atoms with van der Waals surface area (Å²) in [6.45, 7) is 8.78. The van der Waals surface area contributed by atoms with Crippen molar-refractivity contribution in [2.45, 2.75) is 57.0 Å². The topological polar surface area (TPSA) is 167 Å². The molecule has 0 unspecified atom stereocenters. The van der Waals surface area contributed by atoms with Crippen LogP contribution in [0, 0.1) is 11.3 Å². The first-order chi connectivity index (χ1) is 20.4. The van der Waals surface area contributed by atoms with Crippen LogP contribution in [-0.2, 0) is 26.5 Å². The highest BCUT2D eigenvalue weighted by molar-refractivity contribution is 7.98. The molecule has 14 heteroatoms. The van der Waals surface area contributed by atoms with Gasteiger partial charge in [0.15, 0.2) is 5.16 Å². The second-order valence-corrected chi connectivity index (χ2v) is 12.7. The van der Waals surface area contributed by atoms with Crippen molar-refractivity contribution < 1.29 is 19.1 Å². The maximum atomic E-state index is 12.8. The summed E-state index contributed by atoms with van der Waals surface area (Å²) < 4.78 is 5.42. The number of aromatic nitrogens is 3. The number of nitrogens with zero attached hydrogens (tertiary/aromatic N) is 6. The number of nitrogens with one attached hydrogen (secondary N) is 1. The van der Waals surface area contributed by atoms with Gasteiger partial charge in [-0.15, -0.1) is 11.3 Å². The lowest BCUT2D eigenvalue weighted by Gasteiger charge is -2.35.